The van der Waals surface area contributed by atoms with Crippen molar-refractivity contribution in [2.45, 2.75) is 6.92 Å². The van der Waals surface area contributed by atoms with Crippen molar-refractivity contribution >= 4 is 23.3 Å². The lowest BCUT2D eigenvalue weighted by Gasteiger charge is -2.08. The zero-order valence-corrected chi connectivity index (χ0v) is 13.5. The first-order valence-corrected chi connectivity index (χ1v) is 7.54. The Morgan fingerprint density at radius 3 is 2.08 bits per heavy atom. The second-order valence-corrected chi connectivity index (χ2v) is 5.41. The van der Waals surface area contributed by atoms with Gasteiger partial charge in [-0.3, -0.25) is 9.59 Å². The standard InChI is InChI=1S/C18H13F2N3O3/c1-10-8-15(23-26-10)21-17(24)11-4-2-5-12(9-11)18(25)22-16-13(19)6-3-7-14(16)20/h2-9H,1H3,(H,22,25)(H,21,23,24). The SMILES string of the molecule is Cc1cc(NC(=O)c2cccc(C(=O)Nc3c(F)cccc3F)c2)no1. The van der Waals surface area contributed by atoms with Gasteiger partial charge in [-0.1, -0.05) is 17.3 Å². The van der Waals surface area contributed by atoms with Crippen LogP contribution in [0.2, 0.25) is 0 Å². The van der Waals surface area contributed by atoms with Gasteiger partial charge < -0.3 is 15.2 Å². The van der Waals surface area contributed by atoms with Crippen LogP contribution in [-0.4, -0.2) is 17.0 Å². The highest BCUT2D eigenvalue weighted by Crippen LogP contribution is 2.19. The summed E-state index contributed by atoms with van der Waals surface area (Å²) < 4.78 is 32.1. The number of nitrogens with zero attached hydrogens (tertiary/aromatic N) is 1. The van der Waals surface area contributed by atoms with Crippen molar-refractivity contribution in [2.24, 2.45) is 0 Å². The van der Waals surface area contributed by atoms with Gasteiger partial charge in [0.2, 0.25) is 0 Å². The van der Waals surface area contributed by atoms with Gasteiger partial charge in [0, 0.05) is 17.2 Å². The van der Waals surface area contributed by atoms with Crippen LogP contribution in [0.1, 0.15) is 26.5 Å². The highest BCUT2D eigenvalue weighted by molar-refractivity contribution is 6.08. The number of hydrogen-bond donors (Lipinski definition) is 2. The smallest absolute Gasteiger partial charge is 0.256 e. The van der Waals surface area contributed by atoms with Crippen molar-refractivity contribution < 1.29 is 22.9 Å². The van der Waals surface area contributed by atoms with Gasteiger partial charge >= 0.3 is 0 Å². The molecule has 0 atom stereocenters. The molecule has 1 aromatic heterocycles. The summed E-state index contributed by atoms with van der Waals surface area (Å²) in [5, 5.41) is 8.33. The Kier molecular flexibility index (Phi) is 4.74. The van der Waals surface area contributed by atoms with E-state index >= 15 is 0 Å². The van der Waals surface area contributed by atoms with Crippen LogP contribution in [0.5, 0.6) is 0 Å². The first-order chi connectivity index (χ1) is 12.4. The first-order valence-electron chi connectivity index (χ1n) is 7.54. The Morgan fingerprint density at radius 1 is 0.923 bits per heavy atom. The number of carbonyl (C=O) groups excluding carboxylic acids is 2. The van der Waals surface area contributed by atoms with Crippen LogP contribution in [0.3, 0.4) is 0 Å². The van der Waals surface area contributed by atoms with Crippen LogP contribution in [0, 0.1) is 18.6 Å². The fourth-order valence-corrected chi connectivity index (χ4v) is 2.22. The lowest BCUT2D eigenvalue weighted by molar-refractivity contribution is 0.102. The van der Waals surface area contributed by atoms with Crippen molar-refractivity contribution in [1.29, 1.82) is 0 Å². The molecule has 3 aromatic rings. The maximum absolute atomic E-state index is 13.6. The van der Waals surface area contributed by atoms with Crippen LogP contribution >= 0.6 is 0 Å². The first kappa shape index (κ1) is 17.3. The van der Waals surface area contributed by atoms with Crippen molar-refractivity contribution in [3.05, 3.63) is 77.1 Å². The Bertz CT molecular complexity index is 965. The summed E-state index contributed by atoms with van der Waals surface area (Å²) in [5.74, 6) is -2.29. The van der Waals surface area contributed by atoms with Crippen LogP contribution < -0.4 is 10.6 Å². The van der Waals surface area contributed by atoms with E-state index in [9.17, 15) is 18.4 Å². The van der Waals surface area contributed by atoms with Crippen LogP contribution in [-0.2, 0) is 0 Å². The number of rotatable bonds is 4. The predicted molar refractivity (Wildman–Crippen MR) is 89.9 cm³/mol. The second-order valence-electron chi connectivity index (χ2n) is 5.41. The second kappa shape index (κ2) is 7.14. The Hall–Kier alpha value is -3.55. The Balaban J connectivity index is 1.78. The lowest BCUT2D eigenvalue weighted by Crippen LogP contribution is -2.16. The molecule has 0 unspecified atom stereocenters. The van der Waals surface area contributed by atoms with Gasteiger partial charge in [0.1, 0.15) is 23.1 Å². The van der Waals surface area contributed by atoms with Crippen LogP contribution in [0.15, 0.2) is 53.1 Å². The molecule has 0 spiro atoms. The number of carbonyl (C=O) groups is 2. The van der Waals surface area contributed by atoms with E-state index in [-0.39, 0.29) is 16.9 Å². The van der Waals surface area contributed by atoms with Gasteiger partial charge in [0.05, 0.1) is 0 Å². The van der Waals surface area contributed by atoms with Crippen molar-refractivity contribution in [1.82, 2.24) is 5.16 Å². The summed E-state index contributed by atoms with van der Waals surface area (Å²) in [7, 11) is 0. The molecule has 2 amide bonds. The molecule has 6 nitrogen and oxygen atoms in total. The fraction of sp³-hybridized carbons (Fsp3) is 0.0556. The van der Waals surface area contributed by atoms with Crippen molar-refractivity contribution in [2.75, 3.05) is 10.6 Å². The molecule has 2 aromatic carbocycles. The number of halogens is 2. The summed E-state index contributed by atoms with van der Waals surface area (Å²) in [6.45, 7) is 1.68. The molecule has 1 heterocycles. The van der Waals surface area contributed by atoms with Crippen molar-refractivity contribution in [3.8, 4) is 0 Å². The van der Waals surface area contributed by atoms with Gasteiger partial charge in [0.25, 0.3) is 11.8 Å². The molecule has 8 heteroatoms. The summed E-state index contributed by atoms with van der Waals surface area (Å²) in [4.78, 5) is 24.5. The molecule has 2 N–H and O–H groups in total. The summed E-state index contributed by atoms with van der Waals surface area (Å²) in [6, 6.07) is 10.5. The maximum Gasteiger partial charge on any atom is 0.256 e. The zero-order chi connectivity index (χ0) is 18.7. The molecule has 0 fully saturated rings. The summed E-state index contributed by atoms with van der Waals surface area (Å²) in [5.41, 5.74) is -0.311. The van der Waals surface area contributed by atoms with Gasteiger partial charge in [-0.05, 0) is 37.3 Å². The zero-order valence-electron chi connectivity index (χ0n) is 13.5. The molecule has 0 radical (unpaired) electrons. The molecule has 26 heavy (non-hydrogen) atoms. The minimum Gasteiger partial charge on any atom is -0.360 e. The minimum atomic E-state index is -0.895. The quantitative estimate of drug-likeness (QED) is 0.744. The molecule has 3 rings (SSSR count). The van der Waals surface area contributed by atoms with Gasteiger partial charge in [-0.25, -0.2) is 8.78 Å². The molecule has 0 bridgehead atoms. The number of hydrogen-bond acceptors (Lipinski definition) is 4. The molecular weight excluding hydrogens is 344 g/mol. The fourth-order valence-electron chi connectivity index (χ4n) is 2.22. The minimum absolute atomic E-state index is 0.0663. The molecule has 0 saturated carbocycles. The van der Waals surface area contributed by atoms with Gasteiger partial charge in [0.15, 0.2) is 5.82 Å². The van der Waals surface area contributed by atoms with Gasteiger partial charge in [-0.2, -0.15) is 0 Å². The van der Waals surface area contributed by atoms with E-state index in [1.54, 1.807) is 6.92 Å². The van der Waals surface area contributed by atoms with Gasteiger partial charge in [-0.15, -0.1) is 0 Å². The molecule has 0 aliphatic rings. The molecule has 0 aliphatic heterocycles. The predicted octanol–water partition coefficient (Wildman–Crippen LogP) is 3.77. The van der Waals surface area contributed by atoms with E-state index in [2.05, 4.69) is 15.8 Å². The van der Waals surface area contributed by atoms with E-state index in [1.807, 2.05) is 0 Å². The third-order valence-corrected chi connectivity index (χ3v) is 3.46. The highest BCUT2D eigenvalue weighted by Gasteiger charge is 2.15. The normalized spacial score (nSPS) is 10.4. The number of anilines is 2. The summed E-state index contributed by atoms with van der Waals surface area (Å²) in [6.07, 6.45) is 0. The van der Waals surface area contributed by atoms with E-state index in [4.69, 9.17) is 4.52 Å². The lowest BCUT2D eigenvalue weighted by atomic mass is 10.1. The highest BCUT2D eigenvalue weighted by atomic mass is 19.1. The van der Waals surface area contributed by atoms with E-state index in [0.29, 0.717) is 5.76 Å². The third-order valence-electron chi connectivity index (χ3n) is 3.46. The number of benzene rings is 2. The molecular formula is C18H13F2N3O3. The van der Waals surface area contributed by atoms with Crippen LogP contribution in [0.25, 0.3) is 0 Å². The summed E-state index contributed by atoms with van der Waals surface area (Å²) >= 11 is 0. The average molecular weight is 357 g/mol. The number of para-hydroxylation sites is 1. The molecule has 0 aliphatic carbocycles. The number of aryl methyl sites for hydroxylation is 1. The molecule has 132 valence electrons. The van der Waals surface area contributed by atoms with E-state index in [1.165, 1.54) is 36.4 Å². The Labute approximate surface area is 146 Å². The van der Waals surface area contributed by atoms with Crippen LogP contribution in [0.4, 0.5) is 20.3 Å². The average Bonchev–Trinajstić information content (AvgIpc) is 3.03. The van der Waals surface area contributed by atoms with Crippen molar-refractivity contribution in [3.63, 3.8) is 0 Å². The van der Waals surface area contributed by atoms with E-state index < -0.39 is 29.1 Å². The largest absolute Gasteiger partial charge is 0.360 e. The maximum atomic E-state index is 13.6. The van der Waals surface area contributed by atoms with E-state index in [0.717, 1.165) is 12.1 Å². The monoisotopic (exact) mass is 357 g/mol. The topological polar surface area (TPSA) is 84.2 Å². The number of amides is 2. The Morgan fingerprint density at radius 2 is 1.50 bits per heavy atom. The molecule has 0 saturated heterocycles. The number of nitrogens with one attached hydrogen (secondary N) is 2. The number of aromatic nitrogens is 1. The third kappa shape index (κ3) is 3.75.